The van der Waals surface area contributed by atoms with E-state index in [0.717, 1.165) is 11.1 Å². The second kappa shape index (κ2) is 39.8. The average Bonchev–Trinajstić information content (AvgIpc) is 0.688. The number of carbonyl (C=O) groups excluding carboxylic acids is 10. The van der Waals surface area contributed by atoms with Gasteiger partial charge in [0, 0.05) is 104 Å². The first kappa shape index (κ1) is 111. The van der Waals surface area contributed by atoms with Gasteiger partial charge in [-0.05, 0) is 181 Å². The van der Waals surface area contributed by atoms with Crippen LogP contribution in [0.1, 0.15) is 214 Å². The summed E-state index contributed by atoms with van der Waals surface area (Å²) in [6.07, 6.45) is -9.40. The van der Waals surface area contributed by atoms with Gasteiger partial charge in [-0.3, -0.25) is 33.6 Å². The Labute approximate surface area is 842 Å². The second-order valence-electron chi connectivity index (χ2n) is 45.8. The third kappa shape index (κ3) is 19.6. The number of aliphatic hydroxyl groups is 4. The van der Waals surface area contributed by atoms with Crippen LogP contribution in [0.3, 0.4) is 0 Å². The van der Waals surface area contributed by atoms with Gasteiger partial charge >= 0.3 is 102 Å². The van der Waals surface area contributed by atoms with Crippen molar-refractivity contribution in [3.05, 3.63) is 141 Å². The van der Waals surface area contributed by atoms with E-state index in [1.807, 2.05) is 128 Å². The monoisotopic (exact) mass is 2320 g/mol. The van der Waals surface area contributed by atoms with Crippen LogP contribution < -0.4 is 0 Å². The number of hydrogen-bond acceptors (Lipinski definition) is 28. The molecule has 3 heterocycles. The molecule has 3 unspecified atom stereocenters. The van der Waals surface area contributed by atoms with E-state index in [0.29, 0.717) is 41.5 Å². The molecule has 756 valence electrons. The predicted molar refractivity (Wildman–Crippen MR) is 528 cm³/mol. The van der Waals surface area contributed by atoms with Crippen molar-refractivity contribution in [1.29, 1.82) is 0 Å². The first-order valence-corrected chi connectivity index (χ1v) is 73.0. The number of ketones is 2. The zero-order valence-corrected chi connectivity index (χ0v) is 94.8. The summed E-state index contributed by atoms with van der Waals surface area (Å²) in [7, 11) is -6.63. The van der Waals surface area contributed by atoms with Gasteiger partial charge in [0.15, 0.2) is 53.6 Å². The standard InChI is InChI=1S/C35H50O10Si.C35H48O10Si.C33H46O8Si.2HI.Sm/c2*1-19-16-25-34(18-41-25,44-22(4)37)28-30(43-31(39)23-14-12-11-13-15-23)35(40)17-24(45-46(8,9)10)20(2)26(32(35,5)6)27(38)29(33(19,28)7)42-21(3)36;1-19-15-25-32(18-38-25,40-21(3)34)27-28(39-29(36)22-13-11-10-12-14-22)33(37)17-24(41-42(7,8)9)20(2)26(30(33,4)5)23(35)16-31(19,27)6;;;/h11-15,19,24-25,27-30,38,40H,16-18H2,1-10H3;11-15,19,24-25,28-30,40H,16-18H2,1-10H3;10-14,19,24-25,27-28,37H,15-18H2,1-9H3;2*1H;/q;;;;;+2/p-2/t19-,24-,25+,27+,28?,29+,30-,33+,34-,35+;19-,24-,25+,28?,29+,30-,33+,34-,35+;19-,24-,25+,27?,28-,31+,32-,33+;;;/m000.../s1. The fourth-order valence-corrected chi connectivity index (χ4v) is 29.7. The van der Waals surface area contributed by atoms with E-state index in [9.17, 15) is 63.6 Å². The summed E-state index contributed by atoms with van der Waals surface area (Å²) in [5, 5.41) is 52.5. The molecule has 3 aromatic rings. The Morgan fingerprint density at radius 3 is 1.05 bits per heavy atom. The fraction of sp³-hybridized carbons (Fsp3) is 0.670. The van der Waals surface area contributed by atoms with Crippen molar-refractivity contribution in [2.24, 2.45) is 68.0 Å². The summed E-state index contributed by atoms with van der Waals surface area (Å²) < 4.78 is 88.3. The Morgan fingerprint density at radius 2 is 0.715 bits per heavy atom. The van der Waals surface area contributed by atoms with E-state index in [4.69, 9.17) is 65.4 Å². The summed E-state index contributed by atoms with van der Waals surface area (Å²) in [4.78, 5) is 136. The number of rotatable bonds is 17. The van der Waals surface area contributed by atoms with E-state index in [2.05, 4.69) is 55.1 Å². The number of ether oxygens (including phenoxy) is 11. The Bertz CT molecular complexity index is 5240. The first-order chi connectivity index (χ1) is 63.2. The molecule has 34 heteroatoms. The number of hydrogen-bond donors (Lipinski definition) is 4. The van der Waals surface area contributed by atoms with Crippen LogP contribution in [0.4, 0.5) is 0 Å². The van der Waals surface area contributed by atoms with E-state index in [1.165, 1.54) is 34.6 Å². The second-order valence-corrected chi connectivity index (χ2v) is 78.6. The van der Waals surface area contributed by atoms with Crippen LogP contribution in [0, 0.1) is 93.5 Å². The summed E-state index contributed by atoms with van der Waals surface area (Å²) in [6.45, 7) is 53.2. The minimum absolute atomic E-state index is 0.0143. The molecular weight excluding hydrogens is 2170 g/mol. The SMILES string of the molecule is CC(=O)O[C@@H]1C(=O)C2=C(C)[C@@H](O[Si](C)(C)C)C[C@@](O)([C@@H](OC(=O)c3ccccc3)C3[C@@]1(C)[C@@H](C)C[C@H]1OC[C@@]31OC(C)=O)C2(C)C.CC(=O)O[C@@H]1[C@H](O)C2=C(C)[C@@H](O[Si](C)(C)C)C[C@@](O)([C@@H](OC(=O)c3ccccc3)C3[C@@]1(C)[C@@H](C)C[C@H]1OC[C@@]31OC(C)=O)C2(C)C.CC(=O)O[C@@]12CO[C@@H]1C[C@H](C)[C@@]1(C)CC(=O)C3=C(C)[C@@H](O[Si](C)(C)C)C[C@@](O)([C@@H](OC(=O)c4ccccc4)C12)C3(C)C.[I][Sm][I]. The number of esters is 8. The molecule has 27 atom stereocenters. The van der Waals surface area contributed by atoms with Crippen LogP contribution in [-0.2, 0) is 98.9 Å². The topological polar surface area (TPSA) is 381 Å². The van der Waals surface area contributed by atoms with Gasteiger partial charge in [-0.2, -0.15) is 0 Å². The molecule has 0 spiro atoms. The summed E-state index contributed by atoms with van der Waals surface area (Å²) >= 11 is 5.07. The molecule has 9 aliphatic carbocycles. The first-order valence-electron chi connectivity index (χ1n) is 47.7. The molecule has 0 amide bonds. The molecule has 3 aromatic carbocycles. The van der Waals surface area contributed by atoms with Gasteiger partial charge in [0.25, 0.3) is 0 Å². The van der Waals surface area contributed by atoms with Crippen molar-refractivity contribution in [1.82, 2.24) is 0 Å². The quantitative estimate of drug-likeness (QED) is 0.0320. The molecule has 12 aliphatic rings. The molecule has 15 rings (SSSR count). The van der Waals surface area contributed by atoms with Gasteiger partial charge in [0.1, 0.15) is 65.6 Å². The summed E-state index contributed by atoms with van der Waals surface area (Å²) in [6, 6.07) is 25.7. The van der Waals surface area contributed by atoms with Crippen LogP contribution in [0.5, 0.6) is 0 Å². The number of halogens is 2. The van der Waals surface area contributed by atoms with Gasteiger partial charge in [-0.25, -0.2) is 14.4 Å². The molecule has 28 nitrogen and oxygen atoms in total. The molecular formula is C103H144I2O28Si3Sm. The summed E-state index contributed by atoms with van der Waals surface area (Å²) in [5.74, 6) is -8.72. The maximum atomic E-state index is 15.1. The van der Waals surface area contributed by atoms with E-state index >= 15 is 4.79 Å². The zero-order valence-electron chi connectivity index (χ0n) is 84.9. The molecule has 0 aromatic heterocycles. The molecule has 6 saturated carbocycles. The summed E-state index contributed by atoms with van der Waals surface area (Å²) in [5.41, 5.74) is -11.8. The van der Waals surface area contributed by atoms with Crippen LogP contribution in [0.15, 0.2) is 124 Å². The van der Waals surface area contributed by atoms with Crippen LogP contribution in [0.25, 0.3) is 0 Å². The zero-order chi connectivity index (χ0) is 102. The molecule has 6 bridgehead atoms. The molecule has 9 fully saturated rings. The number of benzene rings is 3. The normalized spacial score (nSPS) is 38.4. The Balaban J connectivity index is 0.000000182. The molecule has 4 N–H and O–H groups in total. The van der Waals surface area contributed by atoms with Gasteiger partial charge < -0.3 is 85.8 Å². The van der Waals surface area contributed by atoms with Crippen molar-refractivity contribution in [3.8, 4) is 0 Å². The fourth-order valence-electron chi connectivity index (χ4n) is 26.4. The van der Waals surface area contributed by atoms with Crippen LogP contribution >= 0.6 is 28.6 Å². The van der Waals surface area contributed by atoms with Crippen molar-refractivity contribution in [2.75, 3.05) is 19.8 Å². The van der Waals surface area contributed by atoms with Crippen molar-refractivity contribution >= 4 is 113 Å². The van der Waals surface area contributed by atoms with Crippen LogP contribution in [0.2, 0.25) is 58.9 Å². The third-order valence-corrected chi connectivity index (χ3v) is 36.2. The van der Waals surface area contributed by atoms with Gasteiger partial charge in [-0.15, -0.1) is 0 Å². The molecule has 3 saturated heterocycles. The van der Waals surface area contributed by atoms with E-state index in [1.54, 1.807) is 98.8 Å². The maximum absolute atomic E-state index is 15.1. The van der Waals surface area contributed by atoms with Crippen molar-refractivity contribution in [2.45, 2.75) is 349 Å². The van der Waals surface area contributed by atoms with Gasteiger partial charge in [0.05, 0.1) is 66.7 Å². The van der Waals surface area contributed by atoms with E-state index in [-0.39, 0.29) is 111 Å². The number of Topliss-reactive ketones (excluding diaryl/α,β-unsaturated/α-hetero) is 2. The number of aliphatic hydroxyl groups excluding tert-OH is 1. The Hall–Kier alpha value is -4.97. The molecule has 137 heavy (non-hydrogen) atoms. The van der Waals surface area contributed by atoms with Gasteiger partial charge in [0.2, 0.25) is 5.78 Å². The average molecular weight is 2320 g/mol. The number of fused-ring (bicyclic) bond motifs is 15. The predicted octanol–water partition coefficient (Wildman–Crippen LogP) is 16.4. The van der Waals surface area contributed by atoms with Gasteiger partial charge in [-0.1, -0.05) is 138 Å². The Morgan fingerprint density at radius 1 is 0.409 bits per heavy atom. The Kier molecular flexibility index (Phi) is 32.2. The molecule has 3 aliphatic heterocycles. The minimum atomic E-state index is -2.26. The van der Waals surface area contributed by atoms with Crippen molar-refractivity contribution in [3.63, 3.8) is 0 Å². The molecule has 0 radical (unpaired) electrons. The van der Waals surface area contributed by atoms with Crippen LogP contribution in [-0.4, -0.2) is 231 Å². The third-order valence-electron chi connectivity index (χ3n) is 33.3. The van der Waals surface area contributed by atoms with Crippen molar-refractivity contribution < 1.29 is 159 Å². The van der Waals surface area contributed by atoms with E-state index < -0.39 is 236 Å². The number of carbonyl (C=O) groups is 10.